The summed E-state index contributed by atoms with van der Waals surface area (Å²) in [7, 11) is 0. The fourth-order valence-corrected chi connectivity index (χ4v) is 1.28. The van der Waals surface area contributed by atoms with Gasteiger partial charge in [0.25, 0.3) is 5.91 Å². The van der Waals surface area contributed by atoms with E-state index in [1.54, 1.807) is 12.4 Å². The van der Waals surface area contributed by atoms with E-state index in [4.69, 9.17) is 10.2 Å². The van der Waals surface area contributed by atoms with Crippen LogP contribution in [0.25, 0.3) is 0 Å². The Bertz CT molecular complexity index is 495. The van der Waals surface area contributed by atoms with Crippen LogP contribution in [0.5, 0.6) is 0 Å². The number of nitrogens with two attached hydrogens (primary N) is 1. The molecule has 1 amide bonds. The van der Waals surface area contributed by atoms with E-state index >= 15 is 0 Å². The molecular weight excluding hydrogens is 220 g/mol. The maximum Gasteiger partial charge on any atom is 0.288 e. The number of hydrogen-bond acceptors (Lipinski definition) is 5. The van der Waals surface area contributed by atoms with Crippen molar-refractivity contribution in [1.82, 2.24) is 15.3 Å². The number of amides is 1. The molecule has 0 fully saturated rings. The van der Waals surface area contributed by atoms with Gasteiger partial charge in [-0.05, 0) is 11.6 Å². The minimum absolute atomic E-state index is 0.161. The van der Waals surface area contributed by atoms with Crippen LogP contribution in [0.2, 0.25) is 0 Å². The molecule has 0 saturated heterocycles. The van der Waals surface area contributed by atoms with Gasteiger partial charge in [0.15, 0.2) is 0 Å². The predicted octanol–water partition coefficient (Wildman–Crippen LogP) is 0.458. The fraction of sp³-hybridized carbons (Fsp3) is 0.182. The van der Waals surface area contributed by atoms with Gasteiger partial charge in [-0.15, -0.1) is 0 Å². The molecule has 3 N–H and O–H groups in total. The number of aromatic nitrogens is 2. The second-order valence-corrected chi connectivity index (χ2v) is 3.37. The van der Waals surface area contributed by atoms with Crippen molar-refractivity contribution in [3.63, 3.8) is 0 Å². The fourth-order valence-electron chi connectivity index (χ4n) is 1.28. The van der Waals surface area contributed by atoms with Gasteiger partial charge in [0.1, 0.15) is 0 Å². The normalized spacial score (nSPS) is 10.2. The largest absolute Gasteiger partial charge is 0.434 e. The second kappa shape index (κ2) is 5.22. The topological polar surface area (TPSA) is 94.0 Å². The van der Waals surface area contributed by atoms with Crippen molar-refractivity contribution < 1.29 is 9.21 Å². The summed E-state index contributed by atoms with van der Waals surface area (Å²) in [6, 6.07) is 3.68. The molecule has 0 aliphatic carbocycles. The van der Waals surface area contributed by atoms with Gasteiger partial charge in [0.2, 0.25) is 11.7 Å². The Balaban J connectivity index is 1.93. The SMILES string of the molecule is NCc1ncc(C(=O)NCc2cccnc2)o1. The Labute approximate surface area is 97.9 Å². The van der Waals surface area contributed by atoms with Gasteiger partial charge in [-0.25, -0.2) is 4.98 Å². The first-order chi connectivity index (χ1) is 8.29. The summed E-state index contributed by atoms with van der Waals surface area (Å²) in [6.07, 6.45) is 4.72. The molecule has 2 rings (SSSR count). The second-order valence-electron chi connectivity index (χ2n) is 3.37. The highest BCUT2D eigenvalue weighted by Gasteiger charge is 2.11. The zero-order chi connectivity index (χ0) is 12.1. The lowest BCUT2D eigenvalue weighted by Crippen LogP contribution is -2.22. The van der Waals surface area contributed by atoms with E-state index in [1.165, 1.54) is 6.20 Å². The molecule has 17 heavy (non-hydrogen) atoms. The number of nitrogens with one attached hydrogen (secondary N) is 1. The molecule has 0 radical (unpaired) electrons. The van der Waals surface area contributed by atoms with Crippen molar-refractivity contribution in [1.29, 1.82) is 0 Å². The third-order valence-corrected chi connectivity index (χ3v) is 2.13. The zero-order valence-electron chi connectivity index (χ0n) is 9.09. The third-order valence-electron chi connectivity index (χ3n) is 2.13. The Kier molecular flexibility index (Phi) is 3.46. The summed E-state index contributed by atoms with van der Waals surface area (Å²) >= 11 is 0. The lowest BCUT2D eigenvalue weighted by molar-refractivity contribution is 0.0921. The first kappa shape index (κ1) is 11.3. The highest BCUT2D eigenvalue weighted by molar-refractivity contribution is 5.91. The highest BCUT2D eigenvalue weighted by Crippen LogP contribution is 2.03. The van der Waals surface area contributed by atoms with Crippen LogP contribution in [0.1, 0.15) is 22.0 Å². The molecule has 0 unspecified atom stereocenters. The van der Waals surface area contributed by atoms with Gasteiger partial charge in [-0.1, -0.05) is 6.07 Å². The number of carbonyl (C=O) groups excluding carboxylic acids is 1. The maximum absolute atomic E-state index is 11.6. The van der Waals surface area contributed by atoms with Crippen LogP contribution in [0.3, 0.4) is 0 Å². The first-order valence-corrected chi connectivity index (χ1v) is 5.11. The Morgan fingerprint density at radius 2 is 2.35 bits per heavy atom. The summed E-state index contributed by atoms with van der Waals surface area (Å²) in [4.78, 5) is 19.4. The number of oxazole rings is 1. The van der Waals surface area contributed by atoms with Crippen molar-refractivity contribution in [2.45, 2.75) is 13.1 Å². The lowest BCUT2D eigenvalue weighted by atomic mass is 10.3. The average molecular weight is 232 g/mol. The van der Waals surface area contributed by atoms with E-state index < -0.39 is 0 Å². The van der Waals surface area contributed by atoms with Crippen LogP contribution in [0.15, 0.2) is 35.1 Å². The maximum atomic E-state index is 11.6. The molecule has 0 aromatic carbocycles. The van der Waals surface area contributed by atoms with E-state index in [9.17, 15) is 4.79 Å². The monoisotopic (exact) mass is 232 g/mol. The summed E-state index contributed by atoms with van der Waals surface area (Å²) in [5, 5.41) is 2.70. The molecular formula is C11H12N4O2. The van der Waals surface area contributed by atoms with Crippen molar-refractivity contribution in [2.75, 3.05) is 0 Å². The minimum Gasteiger partial charge on any atom is -0.434 e. The number of rotatable bonds is 4. The molecule has 2 heterocycles. The Hall–Kier alpha value is -2.21. The molecule has 0 atom stereocenters. The van der Waals surface area contributed by atoms with Gasteiger partial charge in [0.05, 0.1) is 12.7 Å². The number of pyridine rings is 1. The molecule has 88 valence electrons. The summed E-state index contributed by atoms with van der Waals surface area (Å²) < 4.78 is 5.12. The highest BCUT2D eigenvalue weighted by atomic mass is 16.4. The molecule has 6 nitrogen and oxygen atoms in total. The summed E-state index contributed by atoms with van der Waals surface area (Å²) in [6.45, 7) is 0.571. The molecule has 6 heteroatoms. The standard InChI is InChI=1S/C11H12N4O2/c12-4-10-14-7-9(17-10)11(16)15-6-8-2-1-3-13-5-8/h1-3,5,7H,4,6,12H2,(H,15,16). The number of nitrogens with zero attached hydrogens (tertiary/aromatic N) is 2. The molecule has 0 spiro atoms. The molecule has 0 saturated carbocycles. The van der Waals surface area contributed by atoms with Gasteiger partial charge < -0.3 is 15.5 Å². The van der Waals surface area contributed by atoms with Crippen LogP contribution in [-0.2, 0) is 13.1 Å². The molecule has 2 aromatic heterocycles. The van der Waals surface area contributed by atoms with Crippen molar-refractivity contribution in [3.05, 3.63) is 47.9 Å². The third kappa shape index (κ3) is 2.88. The van der Waals surface area contributed by atoms with E-state index in [0.717, 1.165) is 5.56 Å². The van der Waals surface area contributed by atoms with Gasteiger partial charge >= 0.3 is 0 Å². The van der Waals surface area contributed by atoms with E-state index in [-0.39, 0.29) is 18.2 Å². The Morgan fingerprint density at radius 1 is 1.47 bits per heavy atom. The molecule has 2 aromatic rings. The van der Waals surface area contributed by atoms with Gasteiger partial charge in [-0.3, -0.25) is 9.78 Å². The van der Waals surface area contributed by atoms with Crippen molar-refractivity contribution in [3.8, 4) is 0 Å². The predicted molar refractivity (Wildman–Crippen MR) is 59.8 cm³/mol. The van der Waals surface area contributed by atoms with E-state index in [2.05, 4.69) is 15.3 Å². The molecule has 0 bridgehead atoms. The Morgan fingerprint density at radius 3 is 3.00 bits per heavy atom. The molecule has 0 aliphatic heterocycles. The van der Waals surface area contributed by atoms with Crippen LogP contribution < -0.4 is 11.1 Å². The van der Waals surface area contributed by atoms with Gasteiger partial charge in [0, 0.05) is 18.9 Å². The zero-order valence-corrected chi connectivity index (χ0v) is 9.09. The minimum atomic E-state index is -0.318. The summed E-state index contributed by atoms with van der Waals surface area (Å²) in [5.74, 6) is 0.187. The number of carbonyl (C=O) groups is 1. The average Bonchev–Trinajstić information content (AvgIpc) is 2.86. The smallest absolute Gasteiger partial charge is 0.288 e. The lowest BCUT2D eigenvalue weighted by Gasteiger charge is -2.01. The first-order valence-electron chi connectivity index (χ1n) is 5.11. The van der Waals surface area contributed by atoms with Crippen LogP contribution >= 0.6 is 0 Å². The number of hydrogen-bond donors (Lipinski definition) is 2. The van der Waals surface area contributed by atoms with Gasteiger partial charge in [-0.2, -0.15) is 0 Å². The van der Waals surface area contributed by atoms with E-state index in [0.29, 0.717) is 12.4 Å². The van der Waals surface area contributed by atoms with Crippen LogP contribution in [-0.4, -0.2) is 15.9 Å². The molecule has 0 aliphatic rings. The van der Waals surface area contributed by atoms with Crippen molar-refractivity contribution in [2.24, 2.45) is 5.73 Å². The quantitative estimate of drug-likeness (QED) is 0.798. The van der Waals surface area contributed by atoms with E-state index in [1.807, 2.05) is 12.1 Å². The summed E-state index contributed by atoms with van der Waals surface area (Å²) in [5.41, 5.74) is 6.25. The van der Waals surface area contributed by atoms with Crippen LogP contribution in [0, 0.1) is 0 Å². The van der Waals surface area contributed by atoms with Crippen LogP contribution in [0.4, 0.5) is 0 Å². The van der Waals surface area contributed by atoms with Crippen molar-refractivity contribution >= 4 is 5.91 Å².